The van der Waals surface area contributed by atoms with Gasteiger partial charge in [0, 0.05) is 18.2 Å². The second-order valence-electron chi connectivity index (χ2n) is 5.01. The summed E-state index contributed by atoms with van der Waals surface area (Å²) >= 11 is 1.34. The number of hydrogen-bond acceptors (Lipinski definition) is 7. The number of nitrogens with one attached hydrogen (secondary N) is 1. The molecule has 0 aliphatic heterocycles. The second-order valence-corrected chi connectivity index (χ2v) is 8.52. The van der Waals surface area contributed by atoms with Gasteiger partial charge in [-0.15, -0.1) is 11.3 Å². The number of rotatable bonds is 7. The predicted octanol–water partition coefficient (Wildman–Crippen LogP) is 1.48. The molecule has 0 unspecified atom stereocenters. The quantitative estimate of drug-likeness (QED) is 0.766. The van der Waals surface area contributed by atoms with Crippen LogP contribution in [-0.2, 0) is 25.8 Å². The van der Waals surface area contributed by atoms with Crippen molar-refractivity contribution in [2.24, 2.45) is 0 Å². The van der Waals surface area contributed by atoms with Crippen LogP contribution in [0.15, 0.2) is 5.38 Å². The molecule has 114 valence electrons. The van der Waals surface area contributed by atoms with E-state index in [4.69, 9.17) is 4.74 Å². The van der Waals surface area contributed by atoms with E-state index >= 15 is 0 Å². The Morgan fingerprint density at radius 1 is 1.50 bits per heavy atom. The summed E-state index contributed by atoms with van der Waals surface area (Å²) in [5.41, 5.74) is 0.619. The molecule has 20 heavy (non-hydrogen) atoms. The average Bonchev–Trinajstić information content (AvgIpc) is 2.73. The molecule has 0 fully saturated rings. The van der Waals surface area contributed by atoms with Crippen LogP contribution in [0, 0.1) is 0 Å². The lowest BCUT2D eigenvalue weighted by molar-refractivity contribution is -0.142. The van der Waals surface area contributed by atoms with Crippen molar-refractivity contribution < 1.29 is 17.9 Å². The van der Waals surface area contributed by atoms with Crippen LogP contribution in [-0.4, -0.2) is 43.5 Å². The van der Waals surface area contributed by atoms with Gasteiger partial charge in [0.25, 0.3) is 0 Å². The van der Waals surface area contributed by atoms with Crippen molar-refractivity contribution >= 4 is 32.3 Å². The summed E-state index contributed by atoms with van der Waals surface area (Å²) in [4.78, 5) is 15.5. The number of nitrogens with zero attached hydrogens (tertiary/aromatic N) is 1. The zero-order valence-electron chi connectivity index (χ0n) is 12.1. The zero-order chi connectivity index (χ0) is 15.4. The summed E-state index contributed by atoms with van der Waals surface area (Å²) in [6.07, 6.45) is 1.34. The molecular weight excluding hydrogens is 300 g/mol. The Labute approximate surface area is 123 Å². The maximum absolute atomic E-state index is 11.6. The van der Waals surface area contributed by atoms with Crippen LogP contribution in [0.25, 0.3) is 0 Å². The predicted molar refractivity (Wildman–Crippen MR) is 79.9 cm³/mol. The molecule has 0 saturated carbocycles. The number of esters is 1. The fourth-order valence-corrected chi connectivity index (χ4v) is 2.29. The number of carbonyl (C=O) groups is 1. The Morgan fingerprint density at radius 2 is 2.15 bits per heavy atom. The SMILES string of the molecule is CCOC(=O)Cc1csc(NCC(C)(C)S(C)(=O)=O)n1. The number of carbonyl (C=O) groups excluding carboxylic acids is 1. The number of ether oxygens (including phenoxy) is 1. The van der Waals surface area contributed by atoms with E-state index in [2.05, 4.69) is 10.3 Å². The molecule has 0 aliphatic carbocycles. The first kappa shape index (κ1) is 16.9. The maximum Gasteiger partial charge on any atom is 0.311 e. The van der Waals surface area contributed by atoms with Gasteiger partial charge in [0.15, 0.2) is 15.0 Å². The number of thiazole rings is 1. The highest BCUT2D eigenvalue weighted by Crippen LogP contribution is 2.20. The molecule has 0 saturated heterocycles. The molecule has 6 nitrogen and oxygen atoms in total. The molecule has 8 heteroatoms. The first-order valence-electron chi connectivity index (χ1n) is 6.19. The molecule has 1 aromatic heterocycles. The van der Waals surface area contributed by atoms with E-state index < -0.39 is 14.6 Å². The minimum absolute atomic E-state index is 0.126. The highest BCUT2D eigenvalue weighted by Gasteiger charge is 2.30. The first-order chi connectivity index (χ1) is 9.15. The lowest BCUT2D eigenvalue weighted by atomic mass is 10.2. The van der Waals surface area contributed by atoms with Gasteiger partial charge in [-0.05, 0) is 20.8 Å². The molecule has 1 aromatic rings. The van der Waals surface area contributed by atoms with E-state index in [-0.39, 0.29) is 18.9 Å². The molecule has 0 amide bonds. The number of sulfone groups is 1. The highest BCUT2D eigenvalue weighted by molar-refractivity contribution is 7.92. The molecule has 0 bridgehead atoms. The Hall–Kier alpha value is -1.15. The average molecular weight is 320 g/mol. The van der Waals surface area contributed by atoms with Gasteiger partial charge in [0.1, 0.15) is 0 Å². The molecule has 0 spiro atoms. The van der Waals surface area contributed by atoms with Gasteiger partial charge >= 0.3 is 5.97 Å². The van der Waals surface area contributed by atoms with Crippen molar-refractivity contribution in [2.75, 3.05) is 24.7 Å². The third-order valence-electron chi connectivity index (χ3n) is 2.85. The third-order valence-corrected chi connectivity index (χ3v) is 5.85. The van der Waals surface area contributed by atoms with Gasteiger partial charge in [0.2, 0.25) is 0 Å². The molecule has 1 heterocycles. The van der Waals surface area contributed by atoms with E-state index in [0.29, 0.717) is 17.4 Å². The van der Waals surface area contributed by atoms with E-state index in [9.17, 15) is 13.2 Å². The van der Waals surface area contributed by atoms with Crippen molar-refractivity contribution in [1.82, 2.24) is 4.98 Å². The third kappa shape index (κ3) is 4.75. The van der Waals surface area contributed by atoms with Crippen molar-refractivity contribution in [3.05, 3.63) is 11.1 Å². The molecular formula is C12H20N2O4S2. The van der Waals surface area contributed by atoms with Gasteiger partial charge in [-0.1, -0.05) is 0 Å². The summed E-state index contributed by atoms with van der Waals surface area (Å²) < 4.78 is 27.1. The van der Waals surface area contributed by atoms with Crippen molar-refractivity contribution in [1.29, 1.82) is 0 Å². The Bertz CT molecular complexity index is 564. The van der Waals surface area contributed by atoms with Crippen molar-refractivity contribution in [3.8, 4) is 0 Å². The smallest absolute Gasteiger partial charge is 0.311 e. The van der Waals surface area contributed by atoms with Gasteiger partial charge < -0.3 is 10.1 Å². The lowest BCUT2D eigenvalue weighted by Crippen LogP contribution is -2.38. The molecule has 0 aliphatic rings. The number of aromatic nitrogens is 1. The van der Waals surface area contributed by atoms with Crippen LogP contribution < -0.4 is 5.32 Å². The Kier molecular flexibility index (Phi) is 5.52. The van der Waals surface area contributed by atoms with Gasteiger partial charge in [0.05, 0.1) is 23.5 Å². The lowest BCUT2D eigenvalue weighted by Gasteiger charge is -2.22. The highest BCUT2D eigenvalue weighted by atomic mass is 32.2. The van der Waals surface area contributed by atoms with Crippen LogP contribution in [0.1, 0.15) is 26.5 Å². The normalized spacial score (nSPS) is 12.2. The second kappa shape index (κ2) is 6.53. The fraction of sp³-hybridized carbons (Fsp3) is 0.667. The summed E-state index contributed by atoms with van der Waals surface area (Å²) in [7, 11) is -3.15. The van der Waals surface area contributed by atoms with Gasteiger partial charge in [-0.25, -0.2) is 13.4 Å². The summed E-state index contributed by atoms with van der Waals surface area (Å²) in [6.45, 7) is 5.67. The number of anilines is 1. The monoisotopic (exact) mass is 320 g/mol. The standard InChI is InChI=1S/C12H20N2O4S2/c1-5-18-10(15)6-9-7-19-11(14-9)13-8-12(2,3)20(4,16)17/h7H,5-6,8H2,1-4H3,(H,13,14). The van der Waals surface area contributed by atoms with Crippen LogP contribution in [0.5, 0.6) is 0 Å². The molecule has 0 atom stereocenters. The molecule has 1 rings (SSSR count). The summed E-state index contributed by atoms with van der Waals surface area (Å²) in [5.74, 6) is -0.319. The number of hydrogen-bond donors (Lipinski definition) is 1. The molecule has 1 N–H and O–H groups in total. The Balaban J connectivity index is 2.59. The van der Waals surface area contributed by atoms with Gasteiger partial charge in [-0.2, -0.15) is 0 Å². The summed E-state index contributed by atoms with van der Waals surface area (Å²) in [5, 5.41) is 5.35. The minimum atomic E-state index is -3.15. The van der Waals surface area contributed by atoms with Crippen molar-refractivity contribution in [2.45, 2.75) is 31.9 Å². The minimum Gasteiger partial charge on any atom is -0.466 e. The van der Waals surface area contributed by atoms with Crippen LogP contribution in [0.3, 0.4) is 0 Å². The fourth-order valence-electron chi connectivity index (χ4n) is 1.25. The van der Waals surface area contributed by atoms with Gasteiger partial charge in [-0.3, -0.25) is 4.79 Å². The van der Waals surface area contributed by atoms with Crippen LogP contribution in [0.2, 0.25) is 0 Å². The Morgan fingerprint density at radius 3 is 2.70 bits per heavy atom. The largest absolute Gasteiger partial charge is 0.466 e. The zero-order valence-corrected chi connectivity index (χ0v) is 13.7. The molecule has 0 radical (unpaired) electrons. The topological polar surface area (TPSA) is 85.4 Å². The van der Waals surface area contributed by atoms with E-state index in [1.165, 1.54) is 17.6 Å². The first-order valence-corrected chi connectivity index (χ1v) is 8.96. The van der Waals surface area contributed by atoms with E-state index in [1.54, 1.807) is 26.2 Å². The van der Waals surface area contributed by atoms with Crippen LogP contribution in [0.4, 0.5) is 5.13 Å². The maximum atomic E-state index is 11.6. The van der Waals surface area contributed by atoms with Crippen molar-refractivity contribution in [3.63, 3.8) is 0 Å². The van der Waals surface area contributed by atoms with E-state index in [0.717, 1.165) is 0 Å². The van der Waals surface area contributed by atoms with E-state index in [1.807, 2.05) is 0 Å². The van der Waals surface area contributed by atoms with Crippen LogP contribution >= 0.6 is 11.3 Å². The summed E-state index contributed by atoms with van der Waals surface area (Å²) in [6, 6.07) is 0. The molecule has 0 aromatic carbocycles.